The molecule has 0 spiro atoms. The summed E-state index contributed by atoms with van der Waals surface area (Å²) in [5.74, 6) is -0.455. The van der Waals surface area contributed by atoms with Crippen LogP contribution in [-0.2, 0) is 23.1 Å². The normalized spacial score (nSPS) is 12.4. The van der Waals surface area contributed by atoms with Gasteiger partial charge in [-0.15, -0.1) is 6.58 Å². The van der Waals surface area contributed by atoms with Crippen LogP contribution in [0.25, 0.3) is 10.2 Å². The minimum absolute atomic E-state index is 0.130. The first kappa shape index (κ1) is 26.0. The lowest BCUT2D eigenvalue weighted by Gasteiger charge is -2.20. The van der Waals surface area contributed by atoms with Gasteiger partial charge in [-0.3, -0.25) is 4.79 Å². The standard InChI is InChI=1S/C27H26ClN3O3S2/c1-4-17-31-25-19(3)23(28)15-16-24(25)35-27(31)29-26(32)21-11-13-22(14-12-21)36(33,34)30(5-2)18-20-9-7-6-8-10-20/h4,6-16H,1,5,17-18H2,2-3H3. The zero-order chi connectivity index (χ0) is 25.9. The molecule has 3 aromatic carbocycles. The van der Waals surface area contributed by atoms with Gasteiger partial charge in [-0.1, -0.05) is 66.3 Å². The van der Waals surface area contributed by atoms with Gasteiger partial charge in [0.15, 0.2) is 4.80 Å². The molecule has 0 N–H and O–H groups in total. The van der Waals surface area contributed by atoms with Crippen LogP contribution >= 0.6 is 22.9 Å². The number of amides is 1. The van der Waals surface area contributed by atoms with E-state index >= 15 is 0 Å². The minimum Gasteiger partial charge on any atom is -0.312 e. The summed E-state index contributed by atoms with van der Waals surface area (Å²) in [4.78, 5) is 18.0. The van der Waals surface area contributed by atoms with Crippen molar-refractivity contribution >= 4 is 49.1 Å². The van der Waals surface area contributed by atoms with Crippen molar-refractivity contribution in [2.24, 2.45) is 4.99 Å². The van der Waals surface area contributed by atoms with Gasteiger partial charge in [0, 0.05) is 30.2 Å². The Morgan fingerprint density at radius 3 is 2.44 bits per heavy atom. The molecule has 0 unspecified atom stereocenters. The van der Waals surface area contributed by atoms with Gasteiger partial charge in [0.2, 0.25) is 10.0 Å². The summed E-state index contributed by atoms with van der Waals surface area (Å²) in [5.41, 5.74) is 3.03. The summed E-state index contributed by atoms with van der Waals surface area (Å²) in [6, 6.07) is 19.1. The molecule has 0 atom stereocenters. The number of hydrogen-bond acceptors (Lipinski definition) is 4. The summed E-state index contributed by atoms with van der Waals surface area (Å²) >= 11 is 7.71. The van der Waals surface area contributed by atoms with Crippen LogP contribution in [-0.4, -0.2) is 29.7 Å². The van der Waals surface area contributed by atoms with E-state index in [1.165, 1.54) is 39.9 Å². The molecule has 1 amide bonds. The lowest BCUT2D eigenvalue weighted by molar-refractivity contribution is 0.0997. The molecule has 9 heteroatoms. The van der Waals surface area contributed by atoms with E-state index in [1.54, 1.807) is 13.0 Å². The van der Waals surface area contributed by atoms with Crippen LogP contribution in [0.2, 0.25) is 5.02 Å². The number of carbonyl (C=O) groups is 1. The predicted molar refractivity (Wildman–Crippen MR) is 146 cm³/mol. The van der Waals surface area contributed by atoms with Gasteiger partial charge in [-0.25, -0.2) is 8.42 Å². The summed E-state index contributed by atoms with van der Waals surface area (Å²) < 4.78 is 30.7. The van der Waals surface area contributed by atoms with E-state index in [1.807, 2.05) is 54.0 Å². The first-order valence-electron chi connectivity index (χ1n) is 11.4. The molecule has 186 valence electrons. The van der Waals surface area contributed by atoms with Crippen LogP contribution in [0.5, 0.6) is 0 Å². The quantitative estimate of drug-likeness (QED) is 0.265. The van der Waals surface area contributed by atoms with Gasteiger partial charge in [0.05, 0.1) is 15.1 Å². The van der Waals surface area contributed by atoms with Gasteiger partial charge in [-0.2, -0.15) is 9.30 Å². The number of sulfonamides is 1. The van der Waals surface area contributed by atoms with Gasteiger partial charge in [0.1, 0.15) is 0 Å². The molecule has 0 aliphatic carbocycles. The fourth-order valence-corrected chi connectivity index (χ4v) is 6.61. The Hall–Kier alpha value is -3.04. The maximum absolute atomic E-state index is 13.2. The fraction of sp³-hybridized carbons (Fsp3) is 0.185. The maximum Gasteiger partial charge on any atom is 0.279 e. The van der Waals surface area contributed by atoms with Crippen molar-refractivity contribution in [3.8, 4) is 0 Å². The molecule has 1 aromatic heterocycles. The van der Waals surface area contributed by atoms with Crippen LogP contribution in [0, 0.1) is 6.92 Å². The van der Waals surface area contributed by atoms with Crippen molar-refractivity contribution in [1.29, 1.82) is 0 Å². The average molecular weight is 540 g/mol. The van der Waals surface area contributed by atoms with Crippen molar-refractivity contribution in [3.63, 3.8) is 0 Å². The van der Waals surface area contributed by atoms with Crippen LogP contribution in [0.3, 0.4) is 0 Å². The van der Waals surface area contributed by atoms with Crippen molar-refractivity contribution < 1.29 is 13.2 Å². The summed E-state index contributed by atoms with van der Waals surface area (Å²) in [6.07, 6.45) is 1.74. The Morgan fingerprint density at radius 1 is 1.11 bits per heavy atom. The topological polar surface area (TPSA) is 71.7 Å². The molecular weight excluding hydrogens is 514 g/mol. The highest BCUT2D eigenvalue weighted by atomic mass is 35.5. The zero-order valence-corrected chi connectivity index (χ0v) is 22.4. The Bertz CT molecular complexity index is 1590. The zero-order valence-electron chi connectivity index (χ0n) is 20.0. The molecule has 0 saturated carbocycles. The fourth-order valence-electron chi connectivity index (χ4n) is 3.92. The number of benzene rings is 3. The second-order valence-electron chi connectivity index (χ2n) is 8.16. The number of aryl methyl sites for hydroxylation is 1. The van der Waals surface area contributed by atoms with Crippen molar-refractivity contribution in [2.45, 2.75) is 31.8 Å². The highest BCUT2D eigenvalue weighted by Gasteiger charge is 2.23. The maximum atomic E-state index is 13.2. The summed E-state index contributed by atoms with van der Waals surface area (Å²) in [6.45, 7) is 8.62. The van der Waals surface area contributed by atoms with E-state index in [-0.39, 0.29) is 11.4 Å². The number of allylic oxidation sites excluding steroid dienone is 1. The van der Waals surface area contributed by atoms with E-state index in [0.29, 0.717) is 28.5 Å². The number of carbonyl (C=O) groups excluding carboxylic acids is 1. The largest absolute Gasteiger partial charge is 0.312 e. The third-order valence-corrected chi connectivity index (χ3v) is 9.22. The highest BCUT2D eigenvalue weighted by Crippen LogP contribution is 2.27. The van der Waals surface area contributed by atoms with Crippen LogP contribution in [0.15, 0.2) is 89.3 Å². The number of rotatable bonds is 8. The second kappa shape index (κ2) is 10.9. The van der Waals surface area contributed by atoms with Gasteiger partial charge in [-0.05, 0) is 54.4 Å². The third kappa shape index (κ3) is 5.22. The third-order valence-electron chi connectivity index (χ3n) is 5.83. The summed E-state index contributed by atoms with van der Waals surface area (Å²) in [5, 5.41) is 0.640. The van der Waals surface area contributed by atoms with Gasteiger partial charge in [0.25, 0.3) is 5.91 Å². The van der Waals surface area contributed by atoms with Crippen molar-refractivity contribution in [2.75, 3.05) is 6.54 Å². The summed E-state index contributed by atoms with van der Waals surface area (Å²) in [7, 11) is -3.73. The molecule has 0 saturated heterocycles. The molecule has 36 heavy (non-hydrogen) atoms. The lowest BCUT2D eigenvalue weighted by atomic mass is 10.2. The van der Waals surface area contributed by atoms with E-state index in [4.69, 9.17) is 11.6 Å². The SMILES string of the molecule is C=CCn1c(=NC(=O)c2ccc(S(=O)(=O)N(CC)Cc3ccccc3)cc2)sc2ccc(Cl)c(C)c21. The van der Waals surface area contributed by atoms with Crippen LogP contribution < -0.4 is 4.80 Å². The first-order chi connectivity index (χ1) is 17.3. The number of fused-ring (bicyclic) bond motifs is 1. The molecule has 0 aliphatic rings. The smallest absolute Gasteiger partial charge is 0.279 e. The first-order valence-corrected chi connectivity index (χ1v) is 14.0. The molecule has 0 bridgehead atoms. The molecule has 0 aliphatic heterocycles. The molecular formula is C27H26ClN3O3S2. The van der Waals surface area contributed by atoms with Gasteiger partial charge < -0.3 is 4.57 Å². The van der Waals surface area contributed by atoms with E-state index in [9.17, 15) is 13.2 Å². The Morgan fingerprint density at radius 2 is 1.81 bits per heavy atom. The average Bonchev–Trinajstić information content (AvgIpc) is 3.23. The van der Waals surface area contributed by atoms with E-state index in [2.05, 4.69) is 11.6 Å². The molecule has 4 aromatic rings. The molecule has 0 radical (unpaired) electrons. The Kier molecular flexibility index (Phi) is 7.90. The molecule has 6 nitrogen and oxygen atoms in total. The van der Waals surface area contributed by atoms with Gasteiger partial charge >= 0.3 is 0 Å². The minimum atomic E-state index is -3.73. The second-order valence-corrected chi connectivity index (χ2v) is 11.5. The van der Waals surface area contributed by atoms with E-state index < -0.39 is 15.9 Å². The number of aromatic nitrogens is 1. The van der Waals surface area contributed by atoms with E-state index in [0.717, 1.165) is 21.3 Å². The van der Waals surface area contributed by atoms with Crippen molar-refractivity contribution in [3.05, 3.63) is 106 Å². The van der Waals surface area contributed by atoms with Crippen LogP contribution in [0.1, 0.15) is 28.4 Å². The predicted octanol–water partition coefficient (Wildman–Crippen LogP) is 5.80. The number of halogens is 1. The lowest BCUT2D eigenvalue weighted by Crippen LogP contribution is -2.30. The number of thiazole rings is 1. The highest BCUT2D eigenvalue weighted by molar-refractivity contribution is 7.89. The van der Waals surface area contributed by atoms with Crippen LogP contribution in [0.4, 0.5) is 0 Å². The Labute approximate surface area is 219 Å². The number of nitrogens with zero attached hydrogens (tertiary/aromatic N) is 3. The Balaban J connectivity index is 1.65. The van der Waals surface area contributed by atoms with Crippen molar-refractivity contribution in [1.82, 2.24) is 8.87 Å². The monoisotopic (exact) mass is 539 g/mol. The molecule has 0 fully saturated rings. The molecule has 4 rings (SSSR count). The number of hydrogen-bond donors (Lipinski definition) is 0. The molecule has 1 heterocycles.